The van der Waals surface area contributed by atoms with Crippen molar-refractivity contribution in [3.63, 3.8) is 0 Å². The number of benzene rings is 1. The molecule has 0 aromatic heterocycles. The van der Waals surface area contributed by atoms with Gasteiger partial charge < -0.3 is 5.32 Å². The molecule has 5 heteroatoms. The number of sulfonamides is 1. The van der Waals surface area contributed by atoms with Crippen LogP contribution in [0.15, 0.2) is 29.2 Å². The molecule has 4 nitrogen and oxygen atoms in total. The molecule has 0 saturated heterocycles. The van der Waals surface area contributed by atoms with E-state index in [2.05, 4.69) is 30.8 Å². The van der Waals surface area contributed by atoms with Gasteiger partial charge in [0.15, 0.2) is 0 Å². The highest BCUT2D eigenvalue weighted by atomic mass is 32.2. The van der Waals surface area contributed by atoms with Crippen molar-refractivity contribution in [2.75, 3.05) is 11.9 Å². The summed E-state index contributed by atoms with van der Waals surface area (Å²) in [5.74, 6) is 0. The van der Waals surface area contributed by atoms with Crippen LogP contribution in [0.2, 0.25) is 0 Å². The topological polar surface area (TPSA) is 58.2 Å². The third-order valence-electron chi connectivity index (χ3n) is 3.51. The van der Waals surface area contributed by atoms with Gasteiger partial charge in [-0.2, -0.15) is 0 Å². The van der Waals surface area contributed by atoms with Crippen LogP contribution in [0.5, 0.6) is 0 Å². The SMILES string of the molecule is CCNS(=O)(=O)c1ccccc1NC(C)(CC)CC. The zero-order chi connectivity index (χ0) is 14.5. The van der Waals surface area contributed by atoms with Crippen LogP contribution in [0.1, 0.15) is 40.5 Å². The van der Waals surface area contributed by atoms with Crippen molar-refractivity contribution < 1.29 is 8.42 Å². The summed E-state index contributed by atoms with van der Waals surface area (Å²) in [5, 5.41) is 3.37. The van der Waals surface area contributed by atoms with Crippen molar-refractivity contribution >= 4 is 15.7 Å². The van der Waals surface area contributed by atoms with Crippen LogP contribution in [0.25, 0.3) is 0 Å². The summed E-state index contributed by atoms with van der Waals surface area (Å²) in [4.78, 5) is 0.310. The Hall–Kier alpha value is -1.07. The average Bonchev–Trinajstić information content (AvgIpc) is 2.39. The molecular weight excluding hydrogens is 260 g/mol. The maximum Gasteiger partial charge on any atom is 0.242 e. The molecule has 1 aromatic rings. The fraction of sp³-hybridized carbons (Fsp3) is 0.571. The van der Waals surface area contributed by atoms with Crippen LogP contribution in [-0.2, 0) is 10.0 Å². The maximum absolute atomic E-state index is 12.2. The first-order chi connectivity index (χ1) is 8.88. The second-order valence-corrected chi connectivity index (χ2v) is 6.63. The second kappa shape index (κ2) is 6.39. The molecule has 0 radical (unpaired) electrons. The van der Waals surface area contributed by atoms with Crippen LogP contribution in [0.4, 0.5) is 5.69 Å². The van der Waals surface area contributed by atoms with Crippen LogP contribution >= 0.6 is 0 Å². The van der Waals surface area contributed by atoms with E-state index in [0.29, 0.717) is 17.1 Å². The quantitative estimate of drug-likeness (QED) is 0.809. The van der Waals surface area contributed by atoms with Crippen molar-refractivity contribution in [2.24, 2.45) is 0 Å². The van der Waals surface area contributed by atoms with Crippen LogP contribution in [0, 0.1) is 0 Å². The minimum Gasteiger partial charge on any atom is -0.379 e. The van der Waals surface area contributed by atoms with Crippen LogP contribution in [-0.4, -0.2) is 20.5 Å². The molecule has 1 aromatic carbocycles. The highest BCUT2D eigenvalue weighted by Crippen LogP contribution is 2.27. The third-order valence-corrected chi connectivity index (χ3v) is 5.11. The van der Waals surface area contributed by atoms with Gasteiger partial charge in [-0.1, -0.05) is 32.9 Å². The van der Waals surface area contributed by atoms with Gasteiger partial charge >= 0.3 is 0 Å². The lowest BCUT2D eigenvalue weighted by molar-refractivity contribution is 0.477. The zero-order valence-electron chi connectivity index (χ0n) is 12.2. The number of nitrogens with one attached hydrogen (secondary N) is 2. The monoisotopic (exact) mass is 284 g/mol. The van der Waals surface area contributed by atoms with E-state index in [9.17, 15) is 8.42 Å². The maximum atomic E-state index is 12.2. The molecule has 0 saturated carbocycles. The minimum atomic E-state index is -3.44. The van der Waals surface area contributed by atoms with Gasteiger partial charge in [0.2, 0.25) is 10.0 Å². The van der Waals surface area contributed by atoms with Gasteiger partial charge in [-0.05, 0) is 31.9 Å². The Kier molecular flexibility index (Phi) is 5.38. The molecule has 0 aliphatic carbocycles. The first-order valence-corrected chi connectivity index (χ1v) is 8.23. The van der Waals surface area contributed by atoms with E-state index in [1.807, 2.05) is 12.1 Å². The van der Waals surface area contributed by atoms with Gasteiger partial charge in [0.05, 0.1) is 5.69 Å². The van der Waals surface area contributed by atoms with Crippen molar-refractivity contribution in [3.05, 3.63) is 24.3 Å². The largest absolute Gasteiger partial charge is 0.379 e. The van der Waals surface area contributed by atoms with Gasteiger partial charge in [0.25, 0.3) is 0 Å². The molecule has 0 atom stereocenters. The summed E-state index contributed by atoms with van der Waals surface area (Å²) < 4.78 is 26.9. The predicted molar refractivity (Wildman–Crippen MR) is 79.9 cm³/mol. The van der Waals surface area contributed by atoms with Gasteiger partial charge in [-0.3, -0.25) is 0 Å². The normalized spacial score (nSPS) is 12.4. The molecule has 0 spiro atoms. The van der Waals surface area contributed by atoms with Gasteiger partial charge in [-0.25, -0.2) is 13.1 Å². The number of rotatable bonds is 7. The highest BCUT2D eigenvalue weighted by Gasteiger charge is 2.23. The van der Waals surface area contributed by atoms with Crippen molar-refractivity contribution in [1.29, 1.82) is 0 Å². The molecule has 0 unspecified atom stereocenters. The molecule has 0 fully saturated rings. The summed E-state index contributed by atoms with van der Waals surface area (Å²) in [6, 6.07) is 7.03. The molecule has 0 aliphatic heterocycles. The van der Waals surface area contributed by atoms with Crippen molar-refractivity contribution in [2.45, 2.75) is 51.0 Å². The molecule has 0 aliphatic rings. The van der Waals surface area contributed by atoms with Gasteiger partial charge in [-0.15, -0.1) is 0 Å². The van der Waals surface area contributed by atoms with Gasteiger partial charge in [0, 0.05) is 12.1 Å². The summed E-state index contributed by atoms with van der Waals surface area (Å²) in [6.07, 6.45) is 1.86. The first-order valence-electron chi connectivity index (χ1n) is 6.75. The molecule has 0 amide bonds. The van der Waals surface area contributed by atoms with E-state index >= 15 is 0 Å². The van der Waals surface area contributed by atoms with E-state index in [1.54, 1.807) is 19.1 Å². The first kappa shape index (κ1) is 16.0. The summed E-state index contributed by atoms with van der Waals surface area (Å²) in [5.41, 5.74) is 0.562. The fourth-order valence-electron chi connectivity index (χ4n) is 1.82. The standard InChI is InChI=1S/C14H24N2O2S/c1-5-14(4,6-2)16-12-10-8-9-11-13(12)19(17,18)15-7-3/h8-11,15-16H,5-7H2,1-4H3. The Morgan fingerprint density at radius 2 is 1.68 bits per heavy atom. The minimum absolute atomic E-state index is 0.0994. The number of hydrogen-bond acceptors (Lipinski definition) is 3. The number of para-hydroxylation sites is 1. The molecule has 19 heavy (non-hydrogen) atoms. The smallest absolute Gasteiger partial charge is 0.242 e. The average molecular weight is 284 g/mol. The fourth-order valence-corrected chi connectivity index (χ4v) is 3.03. The Morgan fingerprint density at radius 1 is 1.11 bits per heavy atom. The van der Waals surface area contributed by atoms with E-state index in [-0.39, 0.29) is 5.54 Å². The zero-order valence-corrected chi connectivity index (χ0v) is 13.0. The summed E-state index contributed by atoms with van der Waals surface area (Å²) >= 11 is 0. The lowest BCUT2D eigenvalue weighted by Gasteiger charge is -2.30. The lowest BCUT2D eigenvalue weighted by Crippen LogP contribution is -2.34. The van der Waals surface area contributed by atoms with E-state index in [1.165, 1.54) is 0 Å². The molecule has 0 bridgehead atoms. The summed E-state index contributed by atoms with van der Waals surface area (Å²) in [6.45, 7) is 8.45. The Labute approximate surface area is 116 Å². The Balaban J connectivity index is 3.17. The van der Waals surface area contributed by atoms with Crippen molar-refractivity contribution in [1.82, 2.24) is 4.72 Å². The van der Waals surface area contributed by atoms with E-state index in [0.717, 1.165) is 12.8 Å². The molecule has 2 N–H and O–H groups in total. The van der Waals surface area contributed by atoms with Crippen LogP contribution < -0.4 is 10.0 Å². The molecular formula is C14H24N2O2S. The predicted octanol–water partition coefficient (Wildman–Crippen LogP) is 2.98. The van der Waals surface area contributed by atoms with Crippen molar-refractivity contribution in [3.8, 4) is 0 Å². The highest BCUT2D eigenvalue weighted by molar-refractivity contribution is 7.89. The van der Waals surface area contributed by atoms with Gasteiger partial charge in [0.1, 0.15) is 4.90 Å². The Bertz CT molecular complexity index is 508. The molecule has 1 rings (SSSR count). The molecule has 108 valence electrons. The summed E-state index contributed by atoms with van der Waals surface area (Å²) in [7, 11) is -3.44. The lowest BCUT2D eigenvalue weighted by atomic mass is 9.95. The van der Waals surface area contributed by atoms with E-state index in [4.69, 9.17) is 0 Å². The Morgan fingerprint density at radius 3 is 2.21 bits per heavy atom. The van der Waals surface area contributed by atoms with E-state index < -0.39 is 10.0 Å². The number of anilines is 1. The number of hydrogen-bond donors (Lipinski definition) is 2. The van der Waals surface area contributed by atoms with Crippen LogP contribution in [0.3, 0.4) is 0 Å². The third kappa shape index (κ3) is 3.94. The molecule has 0 heterocycles. The second-order valence-electron chi connectivity index (χ2n) is 4.89.